The monoisotopic (exact) mass is 852 g/mol. The van der Waals surface area contributed by atoms with Gasteiger partial charge in [-0.1, -0.05) is 243 Å². The Hall–Kier alpha value is -8.59. The highest BCUT2D eigenvalue weighted by atomic mass is 14.9. The number of benzene rings is 11. The van der Waals surface area contributed by atoms with Gasteiger partial charge in [0.2, 0.25) is 0 Å². The van der Waals surface area contributed by atoms with Gasteiger partial charge in [-0.3, -0.25) is 0 Å². The standard InChI is InChI=1S/C65H44N2/c66-64(47-20-5-2-6-21-47)67-60(40-32-42-31-38-52-51-25-13-16-30-58(51)65(59(52)41-42)56-28-14-11-23-49(56)50-24-12-15-29-57(50)65)44-33-35-46(36-34-44)62-54-27-10-9-26-53(54)61(45-18-3-1-4-19-45)55-39-37-43-17-7-8-22-48(43)63(55)62/h1-31,33-41H,32H2,(H2,66,67)/b60-40-. The van der Waals surface area contributed by atoms with E-state index in [1.54, 1.807) is 0 Å². The summed E-state index contributed by atoms with van der Waals surface area (Å²) in [4.78, 5) is 5.21. The van der Waals surface area contributed by atoms with E-state index in [9.17, 15) is 0 Å². The van der Waals surface area contributed by atoms with Gasteiger partial charge >= 0.3 is 0 Å². The Bertz CT molecular complexity index is 3760. The maximum absolute atomic E-state index is 6.86. The Labute approximate surface area is 390 Å². The van der Waals surface area contributed by atoms with Crippen molar-refractivity contribution in [2.75, 3.05) is 0 Å². The largest absolute Gasteiger partial charge is 0.383 e. The molecule has 2 aliphatic carbocycles. The van der Waals surface area contributed by atoms with E-state index in [1.165, 1.54) is 99.1 Å². The van der Waals surface area contributed by atoms with Gasteiger partial charge in [-0.15, -0.1) is 0 Å². The first-order valence-electron chi connectivity index (χ1n) is 23.2. The van der Waals surface area contributed by atoms with Gasteiger partial charge in [-0.25, -0.2) is 4.99 Å². The third-order valence-corrected chi connectivity index (χ3v) is 14.3. The van der Waals surface area contributed by atoms with Crippen molar-refractivity contribution in [1.29, 1.82) is 0 Å². The topological polar surface area (TPSA) is 38.4 Å². The predicted molar refractivity (Wildman–Crippen MR) is 281 cm³/mol. The van der Waals surface area contributed by atoms with E-state index in [0.717, 1.165) is 22.4 Å². The second kappa shape index (κ2) is 15.5. The Morgan fingerprint density at radius 1 is 0.403 bits per heavy atom. The molecule has 2 aliphatic rings. The van der Waals surface area contributed by atoms with E-state index in [-0.39, 0.29) is 0 Å². The molecule has 0 atom stereocenters. The lowest BCUT2D eigenvalue weighted by atomic mass is 9.70. The van der Waals surface area contributed by atoms with Crippen LogP contribution in [-0.2, 0) is 11.8 Å². The van der Waals surface area contributed by atoms with Crippen LogP contribution in [0.5, 0.6) is 0 Å². The van der Waals surface area contributed by atoms with E-state index < -0.39 is 5.41 Å². The van der Waals surface area contributed by atoms with Gasteiger partial charge in [0.1, 0.15) is 5.84 Å². The Kier molecular flexibility index (Phi) is 9.01. The van der Waals surface area contributed by atoms with Crippen LogP contribution in [0.3, 0.4) is 0 Å². The minimum absolute atomic E-state index is 0.396. The number of nitrogens with zero attached hydrogens (tertiary/aromatic N) is 1. The summed E-state index contributed by atoms with van der Waals surface area (Å²) in [5.74, 6) is 0.485. The van der Waals surface area contributed by atoms with E-state index in [2.05, 4.69) is 212 Å². The fraction of sp³-hybridized carbons (Fsp3) is 0.0308. The van der Waals surface area contributed by atoms with Crippen molar-refractivity contribution in [3.8, 4) is 44.5 Å². The summed E-state index contributed by atoms with van der Waals surface area (Å²) in [5.41, 5.74) is 25.9. The molecule has 13 rings (SSSR count). The van der Waals surface area contributed by atoms with Gasteiger partial charge in [-0.05, 0) is 117 Å². The number of fused-ring (bicyclic) bond motifs is 14. The lowest BCUT2D eigenvalue weighted by molar-refractivity contribution is 0.792. The molecule has 11 aromatic carbocycles. The van der Waals surface area contributed by atoms with E-state index in [4.69, 9.17) is 10.7 Å². The minimum atomic E-state index is -0.396. The molecule has 0 amide bonds. The van der Waals surface area contributed by atoms with Crippen molar-refractivity contribution in [2.24, 2.45) is 10.7 Å². The first kappa shape index (κ1) is 38.8. The van der Waals surface area contributed by atoms with E-state index in [1.807, 2.05) is 30.3 Å². The fourth-order valence-corrected chi connectivity index (χ4v) is 11.5. The number of aliphatic imine (C=N–C) groups is 1. The number of allylic oxidation sites excluding steroid dienone is 1. The molecule has 0 fully saturated rings. The van der Waals surface area contributed by atoms with Gasteiger partial charge in [0, 0.05) is 5.56 Å². The van der Waals surface area contributed by atoms with Crippen LogP contribution >= 0.6 is 0 Å². The molecule has 67 heavy (non-hydrogen) atoms. The highest BCUT2D eigenvalue weighted by Crippen LogP contribution is 2.62. The van der Waals surface area contributed by atoms with Gasteiger partial charge in [-0.2, -0.15) is 0 Å². The quantitative estimate of drug-likeness (QED) is 0.0738. The zero-order valence-corrected chi connectivity index (χ0v) is 36.8. The lowest BCUT2D eigenvalue weighted by Gasteiger charge is -2.30. The minimum Gasteiger partial charge on any atom is -0.383 e. The van der Waals surface area contributed by atoms with Crippen molar-refractivity contribution >= 4 is 43.9 Å². The summed E-state index contributed by atoms with van der Waals surface area (Å²) in [6.07, 6.45) is 2.93. The summed E-state index contributed by atoms with van der Waals surface area (Å²) < 4.78 is 0. The van der Waals surface area contributed by atoms with Crippen LogP contribution in [0, 0.1) is 0 Å². The molecule has 0 aliphatic heterocycles. The van der Waals surface area contributed by atoms with Crippen LogP contribution < -0.4 is 5.73 Å². The van der Waals surface area contributed by atoms with Crippen molar-refractivity contribution in [2.45, 2.75) is 11.8 Å². The van der Waals surface area contributed by atoms with Crippen LogP contribution in [0.15, 0.2) is 248 Å². The summed E-state index contributed by atoms with van der Waals surface area (Å²) >= 11 is 0. The molecule has 2 heteroatoms. The molecule has 0 bridgehead atoms. The second-order valence-electron chi connectivity index (χ2n) is 17.9. The predicted octanol–water partition coefficient (Wildman–Crippen LogP) is 15.8. The van der Waals surface area contributed by atoms with Gasteiger partial charge in [0.15, 0.2) is 0 Å². The molecular weight excluding hydrogens is 809 g/mol. The number of amidine groups is 1. The Balaban J connectivity index is 0.960. The molecule has 2 N–H and O–H groups in total. The maximum Gasteiger partial charge on any atom is 0.131 e. The van der Waals surface area contributed by atoms with Crippen molar-refractivity contribution in [3.05, 3.63) is 282 Å². The smallest absolute Gasteiger partial charge is 0.131 e. The van der Waals surface area contributed by atoms with Crippen LogP contribution in [0.25, 0.3) is 82.5 Å². The average Bonchev–Trinajstić information content (AvgIpc) is 3.86. The van der Waals surface area contributed by atoms with E-state index in [0.29, 0.717) is 12.3 Å². The van der Waals surface area contributed by atoms with Crippen LogP contribution in [0.2, 0.25) is 0 Å². The Morgan fingerprint density at radius 2 is 0.925 bits per heavy atom. The molecule has 2 nitrogen and oxygen atoms in total. The molecule has 0 saturated heterocycles. The molecule has 0 heterocycles. The Morgan fingerprint density at radius 3 is 1.58 bits per heavy atom. The summed E-state index contributed by atoms with van der Waals surface area (Å²) in [5, 5.41) is 7.43. The number of hydrogen-bond donors (Lipinski definition) is 1. The zero-order chi connectivity index (χ0) is 44.5. The van der Waals surface area contributed by atoms with Gasteiger partial charge in [0.25, 0.3) is 0 Å². The van der Waals surface area contributed by atoms with Crippen LogP contribution in [0.4, 0.5) is 0 Å². The fourth-order valence-electron chi connectivity index (χ4n) is 11.5. The third-order valence-electron chi connectivity index (χ3n) is 14.3. The first-order valence-corrected chi connectivity index (χ1v) is 23.2. The molecule has 314 valence electrons. The van der Waals surface area contributed by atoms with Crippen LogP contribution in [0.1, 0.15) is 38.9 Å². The molecule has 0 unspecified atom stereocenters. The van der Waals surface area contributed by atoms with Gasteiger partial charge in [0.05, 0.1) is 11.1 Å². The van der Waals surface area contributed by atoms with Gasteiger partial charge < -0.3 is 5.73 Å². The number of rotatable bonds is 7. The van der Waals surface area contributed by atoms with Crippen molar-refractivity contribution in [3.63, 3.8) is 0 Å². The first-order chi connectivity index (χ1) is 33.2. The normalized spacial score (nSPS) is 13.5. The second-order valence-corrected chi connectivity index (χ2v) is 17.9. The van der Waals surface area contributed by atoms with Crippen molar-refractivity contribution in [1.82, 2.24) is 0 Å². The van der Waals surface area contributed by atoms with E-state index >= 15 is 0 Å². The zero-order valence-electron chi connectivity index (χ0n) is 36.8. The highest BCUT2D eigenvalue weighted by Gasteiger charge is 2.51. The maximum atomic E-state index is 6.86. The molecule has 0 radical (unpaired) electrons. The molecule has 0 saturated carbocycles. The summed E-state index contributed by atoms with van der Waals surface area (Å²) in [6, 6.07) is 86.2. The molecule has 11 aromatic rings. The SMILES string of the molecule is NC(=N/C(=C\Cc1ccc2c(c1)C1(c3ccccc3-c3ccccc31)c1ccccc1-2)c1ccc(-c2c3ccccc3c(-c3ccccc3)c3ccc4ccccc4c23)cc1)c1ccccc1. The third kappa shape index (κ3) is 6.00. The number of nitrogens with two attached hydrogens (primary N) is 1. The average molecular weight is 853 g/mol. The highest BCUT2D eigenvalue weighted by molar-refractivity contribution is 6.28. The van der Waals surface area contributed by atoms with Crippen molar-refractivity contribution < 1.29 is 0 Å². The summed E-state index contributed by atoms with van der Waals surface area (Å²) in [6.45, 7) is 0. The van der Waals surface area contributed by atoms with Crippen LogP contribution in [-0.4, -0.2) is 5.84 Å². The molecule has 0 aromatic heterocycles. The summed E-state index contributed by atoms with van der Waals surface area (Å²) in [7, 11) is 0. The number of hydrogen-bond acceptors (Lipinski definition) is 1. The lowest BCUT2D eigenvalue weighted by Crippen LogP contribution is -2.25. The molecule has 1 spiro atoms. The molecular formula is C65H44N2.